The predicted molar refractivity (Wildman–Crippen MR) is 78.3 cm³/mol. The van der Waals surface area contributed by atoms with Gasteiger partial charge in [0.2, 0.25) is 0 Å². The second-order valence-corrected chi connectivity index (χ2v) is 5.74. The van der Waals surface area contributed by atoms with Crippen molar-refractivity contribution in [2.24, 2.45) is 0 Å². The zero-order chi connectivity index (χ0) is 14.0. The Morgan fingerprint density at radius 1 is 1.11 bits per heavy atom. The second kappa shape index (κ2) is 5.84. The molecule has 19 heavy (non-hydrogen) atoms. The van der Waals surface area contributed by atoms with Crippen molar-refractivity contribution in [2.45, 2.75) is 6.92 Å². The van der Waals surface area contributed by atoms with Crippen molar-refractivity contribution < 1.29 is 13.9 Å². The normalized spacial score (nSPS) is 10.3. The number of hydrogen-bond acceptors (Lipinski definition) is 2. The van der Waals surface area contributed by atoms with Gasteiger partial charge in [-0.05, 0) is 37.3 Å². The maximum Gasteiger partial charge on any atom is 0.163 e. The molecule has 5 heteroatoms. The minimum Gasteiger partial charge on any atom is -0.456 e. The number of hydrogen-bond donors (Lipinski definition) is 0. The standard InChI is InChI=1S/C14H9Br2FO2/c1-8(18)13-6-9(15)2-3-14(13)19-12-5-10(16)4-11(17)7-12/h2-7H,1H3. The lowest BCUT2D eigenvalue weighted by Crippen LogP contribution is -1.97. The Kier molecular flexibility index (Phi) is 4.37. The van der Waals surface area contributed by atoms with Gasteiger partial charge in [-0.2, -0.15) is 0 Å². The van der Waals surface area contributed by atoms with Crippen LogP contribution in [0.15, 0.2) is 45.3 Å². The first kappa shape index (κ1) is 14.2. The van der Waals surface area contributed by atoms with Crippen LogP contribution < -0.4 is 4.74 Å². The molecule has 2 rings (SSSR count). The Labute approximate surface area is 126 Å². The molecule has 0 N–H and O–H groups in total. The molecule has 0 atom stereocenters. The summed E-state index contributed by atoms with van der Waals surface area (Å²) in [5.41, 5.74) is 0.440. The summed E-state index contributed by atoms with van der Waals surface area (Å²) in [6.45, 7) is 1.45. The summed E-state index contributed by atoms with van der Waals surface area (Å²) in [4.78, 5) is 11.6. The molecule has 0 bridgehead atoms. The van der Waals surface area contributed by atoms with Crippen LogP contribution in [0.5, 0.6) is 11.5 Å². The fourth-order valence-electron chi connectivity index (χ4n) is 1.58. The van der Waals surface area contributed by atoms with Crippen LogP contribution in [-0.4, -0.2) is 5.78 Å². The van der Waals surface area contributed by atoms with Crippen molar-refractivity contribution in [3.63, 3.8) is 0 Å². The van der Waals surface area contributed by atoms with E-state index in [1.54, 1.807) is 24.3 Å². The molecule has 2 aromatic rings. The summed E-state index contributed by atoms with van der Waals surface area (Å²) in [5.74, 6) is 0.197. The number of ether oxygens (including phenoxy) is 1. The van der Waals surface area contributed by atoms with Gasteiger partial charge in [0, 0.05) is 15.0 Å². The molecule has 0 radical (unpaired) electrons. The fraction of sp³-hybridized carbons (Fsp3) is 0.0714. The largest absolute Gasteiger partial charge is 0.456 e. The number of ketones is 1. The van der Waals surface area contributed by atoms with Crippen molar-refractivity contribution >= 4 is 37.6 Å². The fourth-order valence-corrected chi connectivity index (χ4v) is 2.39. The van der Waals surface area contributed by atoms with Gasteiger partial charge >= 0.3 is 0 Å². The van der Waals surface area contributed by atoms with Gasteiger partial charge in [-0.25, -0.2) is 4.39 Å². The van der Waals surface area contributed by atoms with Gasteiger partial charge in [0.05, 0.1) is 5.56 Å². The van der Waals surface area contributed by atoms with E-state index in [1.807, 2.05) is 0 Å². The van der Waals surface area contributed by atoms with E-state index in [1.165, 1.54) is 19.1 Å². The average Bonchev–Trinajstić information content (AvgIpc) is 2.30. The summed E-state index contributed by atoms with van der Waals surface area (Å²) in [7, 11) is 0. The molecule has 0 aromatic heterocycles. The second-order valence-electron chi connectivity index (χ2n) is 3.90. The summed E-state index contributed by atoms with van der Waals surface area (Å²) >= 11 is 6.49. The Morgan fingerprint density at radius 2 is 1.84 bits per heavy atom. The van der Waals surface area contributed by atoms with E-state index in [0.29, 0.717) is 21.5 Å². The zero-order valence-electron chi connectivity index (χ0n) is 9.91. The highest BCUT2D eigenvalue weighted by Gasteiger charge is 2.11. The number of benzene rings is 2. The van der Waals surface area contributed by atoms with E-state index in [0.717, 1.165) is 4.47 Å². The number of halogens is 3. The first-order valence-corrected chi connectivity index (χ1v) is 6.99. The maximum absolute atomic E-state index is 13.3. The molecule has 0 heterocycles. The predicted octanol–water partition coefficient (Wildman–Crippen LogP) is 5.35. The number of carbonyl (C=O) groups excluding carboxylic acids is 1. The van der Waals surface area contributed by atoms with Crippen LogP contribution in [0.4, 0.5) is 4.39 Å². The highest BCUT2D eigenvalue weighted by molar-refractivity contribution is 9.10. The summed E-state index contributed by atoms with van der Waals surface area (Å²) in [6.07, 6.45) is 0. The third-order valence-electron chi connectivity index (χ3n) is 2.38. The van der Waals surface area contributed by atoms with Crippen molar-refractivity contribution in [2.75, 3.05) is 0 Å². The lowest BCUT2D eigenvalue weighted by atomic mass is 10.1. The van der Waals surface area contributed by atoms with E-state index in [9.17, 15) is 9.18 Å². The van der Waals surface area contributed by atoms with Gasteiger partial charge in [0.1, 0.15) is 17.3 Å². The summed E-state index contributed by atoms with van der Waals surface area (Å²) in [5, 5.41) is 0. The highest BCUT2D eigenvalue weighted by atomic mass is 79.9. The Morgan fingerprint density at radius 3 is 2.47 bits per heavy atom. The Hall–Kier alpha value is -1.20. The zero-order valence-corrected chi connectivity index (χ0v) is 13.1. The van der Waals surface area contributed by atoms with Crippen LogP contribution >= 0.6 is 31.9 Å². The minimum absolute atomic E-state index is 0.119. The van der Waals surface area contributed by atoms with Crippen LogP contribution in [-0.2, 0) is 0 Å². The van der Waals surface area contributed by atoms with Gasteiger partial charge in [0.15, 0.2) is 5.78 Å². The third-order valence-corrected chi connectivity index (χ3v) is 3.34. The summed E-state index contributed by atoms with van der Waals surface area (Å²) in [6, 6.07) is 9.33. The van der Waals surface area contributed by atoms with E-state index in [2.05, 4.69) is 31.9 Å². The topological polar surface area (TPSA) is 26.3 Å². The molecule has 0 aliphatic heterocycles. The molecule has 2 aromatic carbocycles. The molecule has 0 amide bonds. The molecule has 0 unspecified atom stereocenters. The Bertz CT molecular complexity index is 621. The smallest absolute Gasteiger partial charge is 0.163 e. The van der Waals surface area contributed by atoms with Crippen LogP contribution in [0.25, 0.3) is 0 Å². The maximum atomic E-state index is 13.3. The highest BCUT2D eigenvalue weighted by Crippen LogP contribution is 2.30. The first-order valence-electron chi connectivity index (χ1n) is 5.40. The van der Waals surface area contributed by atoms with Gasteiger partial charge in [-0.15, -0.1) is 0 Å². The molecule has 0 fully saturated rings. The van der Waals surface area contributed by atoms with E-state index in [-0.39, 0.29) is 5.78 Å². The lowest BCUT2D eigenvalue weighted by molar-refractivity contribution is 0.101. The van der Waals surface area contributed by atoms with Crippen molar-refractivity contribution in [3.05, 3.63) is 56.7 Å². The van der Waals surface area contributed by atoms with Gasteiger partial charge in [0.25, 0.3) is 0 Å². The lowest BCUT2D eigenvalue weighted by Gasteiger charge is -2.10. The molecular formula is C14H9Br2FO2. The van der Waals surface area contributed by atoms with E-state index in [4.69, 9.17) is 4.74 Å². The van der Waals surface area contributed by atoms with Crippen LogP contribution in [0.3, 0.4) is 0 Å². The van der Waals surface area contributed by atoms with Crippen molar-refractivity contribution in [1.29, 1.82) is 0 Å². The Balaban J connectivity index is 2.40. The average molecular weight is 388 g/mol. The van der Waals surface area contributed by atoms with Gasteiger partial charge in [-0.1, -0.05) is 31.9 Å². The SMILES string of the molecule is CC(=O)c1cc(Br)ccc1Oc1cc(F)cc(Br)c1. The number of carbonyl (C=O) groups is 1. The van der Waals surface area contributed by atoms with E-state index < -0.39 is 5.82 Å². The molecule has 98 valence electrons. The third kappa shape index (κ3) is 3.64. The van der Waals surface area contributed by atoms with Crippen molar-refractivity contribution in [1.82, 2.24) is 0 Å². The monoisotopic (exact) mass is 386 g/mol. The van der Waals surface area contributed by atoms with Crippen molar-refractivity contribution in [3.8, 4) is 11.5 Å². The summed E-state index contributed by atoms with van der Waals surface area (Å²) < 4.78 is 20.2. The molecule has 0 aliphatic rings. The quantitative estimate of drug-likeness (QED) is 0.664. The number of rotatable bonds is 3. The molecule has 0 aliphatic carbocycles. The molecular weight excluding hydrogens is 379 g/mol. The molecule has 0 spiro atoms. The number of Topliss-reactive ketones (excluding diaryl/α,β-unsaturated/α-hetero) is 1. The molecule has 0 saturated carbocycles. The first-order chi connectivity index (χ1) is 8.95. The van der Waals surface area contributed by atoms with Gasteiger partial charge < -0.3 is 4.74 Å². The van der Waals surface area contributed by atoms with Crippen LogP contribution in [0.1, 0.15) is 17.3 Å². The van der Waals surface area contributed by atoms with E-state index >= 15 is 0 Å². The minimum atomic E-state index is -0.411. The molecule has 0 saturated heterocycles. The molecule has 2 nitrogen and oxygen atoms in total. The van der Waals surface area contributed by atoms with Gasteiger partial charge in [-0.3, -0.25) is 4.79 Å². The van der Waals surface area contributed by atoms with Crippen LogP contribution in [0, 0.1) is 5.82 Å². The van der Waals surface area contributed by atoms with Crippen LogP contribution in [0.2, 0.25) is 0 Å².